The molecular formula is C13H21N3O2. The number of hydrogen-bond acceptors (Lipinski definition) is 5. The fourth-order valence-electron chi connectivity index (χ4n) is 2.51. The maximum Gasteiger partial charge on any atom is 0.229 e. The minimum atomic E-state index is -0.509. The minimum Gasteiger partial charge on any atom is -0.390 e. The zero-order chi connectivity index (χ0) is 12.6. The summed E-state index contributed by atoms with van der Waals surface area (Å²) in [6, 6.07) is 0. The van der Waals surface area contributed by atoms with Crippen molar-refractivity contribution >= 4 is 0 Å². The van der Waals surface area contributed by atoms with Crippen LogP contribution in [0, 0.1) is 0 Å². The average Bonchev–Trinajstić information content (AvgIpc) is 3.08. The number of hydrogen-bond donors (Lipinski definition) is 1. The number of nitrogens with zero attached hydrogens (tertiary/aromatic N) is 3. The smallest absolute Gasteiger partial charge is 0.229 e. The molecule has 100 valence electrons. The van der Waals surface area contributed by atoms with Gasteiger partial charge in [-0.25, -0.2) is 0 Å². The second-order valence-electron chi connectivity index (χ2n) is 5.95. The third-order valence-corrected chi connectivity index (χ3v) is 3.93. The van der Waals surface area contributed by atoms with Crippen LogP contribution in [0.15, 0.2) is 4.52 Å². The molecule has 1 aliphatic carbocycles. The van der Waals surface area contributed by atoms with E-state index in [4.69, 9.17) is 4.52 Å². The van der Waals surface area contributed by atoms with Gasteiger partial charge in [0.2, 0.25) is 5.89 Å². The first-order valence-electron chi connectivity index (χ1n) is 6.90. The zero-order valence-electron chi connectivity index (χ0n) is 10.9. The van der Waals surface area contributed by atoms with E-state index < -0.39 is 5.60 Å². The van der Waals surface area contributed by atoms with Crippen molar-refractivity contribution in [2.45, 2.75) is 57.1 Å². The Kier molecular flexibility index (Phi) is 3.11. The molecule has 1 aliphatic heterocycles. The van der Waals surface area contributed by atoms with Crippen molar-refractivity contribution in [1.82, 2.24) is 15.0 Å². The predicted octanol–water partition coefficient (Wildman–Crippen LogP) is 1.68. The van der Waals surface area contributed by atoms with Gasteiger partial charge in [-0.3, -0.25) is 4.90 Å². The van der Waals surface area contributed by atoms with Gasteiger partial charge < -0.3 is 9.63 Å². The van der Waals surface area contributed by atoms with E-state index >= 15 is 0 Å². The van der Waals surface area contributed by atoms with Crippen LogP contribution in [0.4, 0.5) is 0 Å². The Hall–Kier alpha value is -0.940. The summed E-state index contributed by atoms with van der Waals surface area (Å²) in [5.41, 5.74) is -0.509. The van der Waals surface area contributed by atoms with Gasteiger partial charge in [0, 0.05) is 12.5 Å². The Morgan fingerprint density at radius 2 is 2.22 bits per heavy atom. The molecule has 1 unspecified atom stereocenters. The highest BCUT2D eigenvalue weighted by Crippen LogP contribution is 2.38. The van der Waals surface area contributed by atoms with Gasteiger partial charge in [0.05, 0.1) is 12.1 Å². The lowest BCUT2D eigenvalue weighted by Gasteiger charge is -2.21. The molecule has 1 saturated carbocycles. The average molecular weight is 251 g/mol. The van der Waals surface area contributed by atoms with Gasteiger partial charge in [0.25, 0.3) is 0 Å². The summed E-state index contributed by atoms with van der Waals surface area (Å²) in [6.45, 7) is 4.58. The van der Waals surface area contributed by atoms with Crippen molar-refractivity contribution in [3.05, 3.63) is 11.7 Å². The Labute approximate surface area is 107 Å². The largest absolute Gasteiger partial charge is 0.390 e. The van der Waals surface area contributed by atoms with E-state index in [0.29, 0.717) is 5.92 Å². The summed E-state index contributed by atoms with van der Waals surface area (Å²) >= 11 is 0. The Morgan fingerprint density at radius 1 is 1.39 bits per heavy atom. The summed E-state index contributed by atoms with van der Waals surface area (Å²) in [5, 5.41) is 14.1. The lowest BCUT2D eigenvalue weighted by Crippen LogP contribution is -2.28. The van der Waals surface area contributed by atoms with Crippen LogP contribution in [0.5, 0.6) is 0 Å². The maximum atomic E-state index is 10.0. The quantitative estimate of drug-likeness (QED) is 0.885. The molecule has 1 N–H and O–H groups in total. The van der Waals surface area contributed by atoms with E-state index in [2.05, 4.69) is 15.0 Å². The Balaban J connectivity index is 1.57. The third kappa shape index (κ3) is 2.90. The van der Waals surface area contributed by atoms with Gasteiger partial charge >= 0.3 is 0 Å². The second kappa shape index (κ2) is 4.63. The van der Waals surface area contributed by atoms with Gasteiger partial charge in [-0.1, -0.05) is 5.16 Å². The normalized spacial score (nSPS) is 30.3. The molecule has 1 aromatic heterocycles. The molecule has 5 heteroatoms. The first-order valence-corrected chi connectivity index (χ1v) is 6.90. The lowest BCUT2D eigenvalue weighted by atomic mass is 9.98. The second-order valence-corrected chi connectivity index (χ2v) is 5.95. The van der Waals surface area contributed by atoms with Crippen LogP contribution < -0.4 is 0 Å². The molecule has 18 heavy (non-hydrogen) atoms. The molecule has 3 rings (SSSR count). The zero-order valence-corrected chi connectivity index (χ0v) is 10.9. The van der Waals surface area contributed by atoms with Crippen molar-refractivity contribution in [3.63, 3.8) is 0 Å². The van der Waals surface area contributed by atoms with Crippen molar-refractivity contribution in [2.75, 3.05) is 13.1 Å². The predicted molar refractivity (Wildman–Crippen MR) is 66.0 cm³/mol. The fraction of sp³-hybridized carbons (Fsp3) is 0.846. The number of rotatable bonds is 3. The van der Waals surface area contributed by atoms with Gasteiger partial charge in [-0.05, 0) is 45.6 Å². The van der Waals surface area contributed by atoms with E-state index in [-0.39, 0.29) is 0 Å². The Morgan fingerprint density at radius 3 is 3.00 bits per heavy atom. The fourth-order valence-corrected chi connectivity index (χ4v) is 2.51. The Bertz CT molecular complexity index is 412. The van der Waals surface area contributed by atoms with Gasteiger partial charge in [-0.15, -0.1) is 0 Å². The lowest BCUT2D eigenvalue weighted by molar-refractivity contribution is 0.0443. The van der Waals surface area contributed by atoms with Crippen LogP contribution in [0.25, 0.3) is 0 Å². The van der Waals surface area contributed by atoms with E-state index in [0.717, 1.165) is 50.6 Å². The highest BCUT2D eigenvalue weighted by molar-refractivity contribution is 5.01. The van der Waals surface area contributed by atoms with Crippen LogP contribution in [0.3, 0.4) is 0 Å². The maximum absolute atomic E-state index is 10.0. The third-order valence-electron chi connectivity index (χ3n) is 3.93. The minimum absolute atomic E-state index is 0.509. The SMILES string of the molecule is CC1(O)CCCN(Cc2noc(C3CC3)n2)CC1. The molecule has 2 heterocycles. The van der Waals surface area contributed by atoms with E-state index in [1.807, 2.05) is 6.92 Å². The highest BCUT2D eigenvalue weighted by Gasteiger charge is 2.30. The topological polar surface area (TPSA) is 62.4 Å². The van der Waals surface area contributed by atoms with Crippen LogP contribution in [0.2, 0.25) is 0 Å². The van der Waals surface area contributed by atoms with Crippen LogP contribution >= 0.6 is 0 Å². The molecule has 1 saturated heterocycles. The standard InChI is InChI=1S/C13H21N3O2/c1-13(17)5-2-7-16(8-6-13)9-11-14-12(18-15-11)10-3-4-10/h10,17H,2-9H2,1H3. The summed E-state index contributed by atoms with van der Waals surface area (Å²) in [7, 11) is 0. The summed E-state index contributed by atoms with van der Waals surface area (Å²) < 4.78 is 5.27. The van der Waals surface area contributed by atoms with Gasteiger partial charge in [-0.2, -0.15) is 4.98 Å². The van der Waals surface area contributed by atoms with Crippen LogP contribution in [-0.4, -0.2) is 38.8 Å². The van der Waals surface area contributed by atoms with Crippen molar-refractivity contribution in [3.8, 4) is 0 Å². The number of likely N-dealkylation sites (tertiary alicyclic amines) is 1. The molecule has 0 radical (unpaired) electrons. The van der Waals surface area contributed by atoms with Crippen molar-refractivity contribution < 1.29 is 9.63 Å². The molecule has 0 aromatic carbocycles. The number of aromatic nitrogens is 2. The molecule has 0 bridgehead atoms. The molecule has 5 nitrogen and oxygen atoms in total. The first-order chi connectivity index (χ1) is 8.62. The van der Waals surface area contributed by atoms with Gasteiger partial charge in [0.1, 0.15) is 0 Å². The molecule has 0 amide bonds. The first kappa shape index (κ1) is 12.1. The van der Waals surface area contributed by atoms with Crippen LogP contribution in [-0.2, 0) is 6.54 Å². The molecule has 1 aromatic rings. The van der Waals surface area contributed by atoms with Crippen molar-refractivity contribution in [2.24, 2.45) is 0 Å². The monoisotopic (exact) mass is 251 g/mol. The van der Waals surface area contributed by atoms with E-state index in [9.17, 15) is 5.11 Å². The number of aliphatic hydroxyl groups is 1. The highest BCUT2D eigenvalue weighted by atomic mass is 16.5. The summed E-state index contributed by atoms with van der Waals surface area (Å²) in [4.78, 5) is 6.76. The van der Waals surface area contributed by atoms with E-state index in [1.165, 1.54) is 12.8 Å². The van der Waals surface area contributed by atoms with Crippen molar-refractivity contribution in [1.29, 1.82) is 0 Å². The molecular weight excluding hydrogens is 230 g/mol. The molecule has 1 atom stereocenters. The van der Waals surface area contributed by atoms with Crippen LogP contribution in [0.1, 0.15) is 56.7 Å². The summed E-state index contributed by atoms with van der Waals surface area (Å²) in [6.07, 6.45) is 5.10. The summed E-state index contributed by atoms with van der Waals surface area (Å²) in [5.74, 6) is 2.13. The molecule has 2 fully saturated rings. The molecule has 0 spiro atoms. The van der Waals surface area contributed by atoms with E-state index in [1.54, 1.807) is 0 Å². The van der Waals surface area contributed by atoms with Gasteiger partial charge in [0.15, 0.2) is 5.82 Å². The molecule has 2 aliphatic rings.